The maximum absolute atomic E-state index is 11.9. The summed E-state index contributed by atoms with van der Waals surface area (Å²) in [7, 11) is 2.96. The van der Waals surface area contributed by atoms with E-state index in [4.69, 9.17) is 17.2 Å². The summed E-state index contributed by atoms with van der Waals surface area (Å²) < 4.78 is 2.31. The number of pyridine rings is 1. The number of benzene rings is 1. The van der Waals surface area contributed by atoms with Gasteiger partial charge in [-0.2, -0.15) is 0 Å². The molecule has 8 nitrogen and oxygen atoms in total. The molecule has 1 aromatic carbocycles. The summed E-state index contributed by atoms with van der Waals surface area (Å²) in [5.74, 6) is 0.239. The van der Waals surface area contributed by atoms with Gasteiger partial charge in [0.15, 0.2) is 5.65 Å². The molecule has 0 saturated carbocycles. The normalized spacial score (nSPS) is 10.5. The molecule has 8 heteroatoms. The number of rotatable bonds is 2. The zero-order valence-electron chi connectivity index (χ0n) is 15.2. The van der Waals surface area contributed by atoms with Crippen LogP contribution >= 0.6 is 0 Å². The zero-order valence-corrected chi connectivity index (χ0v) is 15.2. The lowest BCUT2D eigenvalue weighted by Gasteiger charge is -2.09. The number of anilines is 1. The predicted molar refractivity (Wildman–Crippen MR) is 104 cm³/mol. The Morgan fingerprint density at radius 1 is 1.00 bits per heavy atom. The number of fused-ring (bicyclic) bond motifs is 1. The lowest BCUT2D eigenvalue weighted by atomic mass is 10.1. The van der Waals surface area contributed by atoms with Gasteiger partial charge in [-0.15, -0.1) is 0 Å². The molecule has 0 radical (unpaired) electrons. The Balaban J connectivity index is 0.000000228. The van der Waals surface area contributed by atoms with Gasteiger partial charge in [-0.3, -0.25) is 13.9 Å². The largest absolute Gasteiger partial charge is 0.383 e. The molecule has 6 N–H and O–H groups in total. The van der Waals surface area contributed by atoms with Crippen LogP contribution in [0.3, 0.4) is 0 Å². The fraction of sp³-hybridized carbons (Fsp3) is 0.278. The molecule has 3 rings (SSSR count). The number of aryl methyl sites for hydroxylation is 2. The highest BCUT2D eigenvalue weighted by Crippen LogP contribution is 2.13. The number of nitrogens with zero attached hydrogens (tertiary/aromatic N) is 3. The van der Waals surface area contributed by atoms with E-state index in [1.165, 1.54) is 22.7 Å². The van der Waals surface area contributed by atoms with Crippen molar-refractivity contribution in [2.75, 3.05) is 5.73 Å². The standard InChI is InChI=1S/C10H13N5O2.C8H11N/c1-14-8-6(9(16)15(2)10(14)17)3-5(4-11)7(12)13-8;1-7-4-2-3-5-8(7)6-9/h3H,4,11H2,1-2H3,(H2,12,13);2-5H,6,9H2,1H3. The number of aromatic nitrogens is 3. The molecule has 3 aromatic rings. The Bertz CT molecular complexity index is 1050. The Kier molecular flexibility index (Phi) is 5.91. The van der Waals surface area contributed by atoms with Crippen LogP contribution in [0, 0.1) is 6.92 Å². The van der Waals surface area contributed by atoms with Crippen LogP contribution in [0.4, 0.5) is 5.82 Å². The van der Waals surface area contributed by atoms with Crippen molar-refractivity contribution in [1.29, 1.82) is 0 Å². The van der Waals surface area contributed by atoms with E-state index < -0.39 is 11.2 Å². The van der Waals surface area contributed by atoms with Crippen LogP contribution in [0.15, 0.2) is 39.9 Å². The van der Waals surface area contributed by atoms with Gasteiger partial charge in [0.2, 0.25) is 0 Å². The second-order valence-electron chi connectivity index (χ2n) is 5.94. The summed E-state index contributed by atoms with van der Waals surface area (Å²) in [4.78, 5) is 27.7. The van der Waals surface area contributed by atoms with E-state index in [2.05, 4.69) is 24.0 Å². The van der Waals surface area contributed by atoms with Crippen molar-refractivity contribution in [3.63, 3.8) is 0 Å². The van der Waals surface area contributed by atoms with Crippen molar-refractivity contribution in [2.24, 2.45) is 25.6 Å². The summed E-state index contributed by atoms with van der Waals surface area (Å²) in [6.45, 7) is 2.91. The van der Waals surface area contributed by atoms with Crippen LogP contribution in [0.25, 0.3) is 11.0 Å². The Hall–Kier alpha value is -2.97. The van der Waals surface area contributed by atoms with Gasteiger partial charge in [0, 0.05) is 32.7 Å². The van der Waals surface area contributed by atoms with Gasteiger partial charge in [0.05, 0.1) is 5.39 Å². The zero-order chi connectivity index (χ0) is 19.4. The molecule has 0 bridgehead atoms. The number of hydrogen-bond donors (Lipinski definition) is 3. The predicted octanol–water partition coefficient (Wildman–Crippen LogP) is 0.127. The average Bonchev–Trinajstić information content (AvgIpc) is 2.65. The SMILES string of the molecule is Cc1ccccc1CN.Cn1c(=O)c2cc(CN)c(N)nc2n(C)c1=O. The van der Waals surface area contributed by atoms with Crippen molar-refractivity contribution in [1.82, 2.24) is 14.1 Å². The second-order valence-corrected chi connectivity index (χ2v) is 5.94. The monoisotopic (exact) mass is 356 g/mol. The van der Waals surface area contributed by atoms with E-state index in [-0.39, 0.29) is 18.0 Å². The fourth-order valence-electron chi connectivity index (χ4n) is 2.56. The quantitative estimate of drug-likeness (QED) is 0.597. The molecule has 0 aliphatic carbocycles. The molecule has 0 aliphatic heterocycles. The summed E-state index contributed by atoms with van der Waals surface area (Å²) in [6.07, 6.45) is 0. The van der Waals surface area contributed by atoms with Crippen molar-refractivity contribution in [2.45, 2.75) is 20.0 Å². The molecule has 0 atom stereocenters. The highest BCUT2D eigenvalue weighted by Gasteiger charge is 2.12. The summed E-state index contributed by atoms with van der Waals surface area (Å²) in [5.41, 5.74) is 19.2. The van der Waals surface area contributed by atoms with Gasteiger partial charge in [-0.1, -0.05) is 24.3 Å². The molecule has 0 saturated heterocycles. The van der Waals surface area contributed by atoms with E-state index in [0.29, 0.717) is 17.5 Å². The average molecular weight is 356 g/mol. The van der Waals surface area contributed by atoms with Crippen LogP contribution in [-0.4, -0.2) is 14.1 Å². The van der Waals surface area contributed by atoms with Crippen molar-refractivity contribution in [3.05, 3.63) is 67.9 Å². The highest BCUT2D eigenvalue weighted by atomic mass is 16.2. The van der Waals surface area contributed by atoms with E-state index in [0.717, 1.165) is 4.57 Å². The number of nitrogens with two attached hydrogens (primary N) is 3. The minimum Gasteiger partial charge on any atom is -0.383 e. The van der Waals surface area contributed by atoms with Crippen molar-refractivity contribution < 1.29 is 0 Å². The maximum Gasteiger partial charge on any atom is 0.332 e. The Morgan fingerprint density at radius 3 is 2.15 bits per heavy atom. The highest BCUT2D eigenvalue weighted by molar-refractivity contribution is 5.77. The first-order valence-electron chi connectivity index (χ1n) is 8.11. The van der Waals surface area contributed by atoms with Gasteiger partial charge in [-0.05, 0) is 24.1 Å². The molecule has 0 amide bonds. The van der Waals surface area contributed by atoms with E-state index >= 15 is 0 Å². The van der Waals surface area contributed by atoms with Crippen molar-refractivity contribution in [3.8, 4) is 0 Å². The second kappa shape index (κ2) is 7.94. The molecular formula is C18H24N6O2. The van der Waals surface area contributed by atoms with Crippen molar-refractivity contribution >= 4 is 16.9 Å². The Morgan fingerprint density at radius 2 is 1.62 bits per heavy atom. The smallest absolute Gasteiger partial charge is 0.332 e. The molecule has 138 valence electrons. The van der Waals surface area contributed by atoms with E-state index in [1.54, 1.807) is 13.1 Å². The first kappa shape index (κ1) is 19.4. The first-order chi connectivity index (χ1) is 12.3. The minimum absolute atomic E-state index is 0.195. The molecular weight excluding hydrogens is 332 g/mol. The molecule has 0 unspecified atom stereocenters. The molecule has 2 heterocycles. The van der Waals surface area contributed by atoms with E-state index in [1.807, 2.05) is 12.1 Å². The maximum atomic E-state index is 11.9. The lowest BCUT2D eigenvalue weighted by molar-refractivity contribution is 0.707. The molecule has 2 aromatic heterocycles. The number of nitrogen functional groups attached to an aromatic ring is 1. The van der Waals surface area contributed by atoms with Crippen LogP contribution in [0.2, 0.25) is 0 Å². The summed E-state index contributed by atoms with van der Waals surface area (Å²) >= 11 is 0. The van der Waals surface area contributed by atoms with Crippen LogP contribution in [0.1, 0.15) is 16.7 Å². The third-order valence-corrected chi connectivity index (χ3v) is 4.24. The molecule has 26 heavy (non-hydrogen) atoms. The minimum atomic E-state index is -0.435. The third-order valence-electron chi connectivity index (χ3n) is 4.24. The molecule has 0 aliphatic rings. The molecule has 0 fully saturated rings. The van der Waals surface area contributed by atoms with Gasteiger partial charge >= 0.3 is 5.69 Å². The number of hydrogen-bond acceptors (Lipinski definition) is 6. The summed E-state index contributed by atoms with van der Waals surface area (Å²) in [5, 5.41) is 0.337. The lowest BCUT2D eigenvalue weighted by Crippen LogP contribution is -2.37. The topological polar surface area (TPSA) is 135 Å². The Labute approximate surface area is 150 Å². The van der Waals surface area contributed by atoms with E-state index in [9.17, 15) is 9.59 Å². The molecule has 0 spiro atoms. The van der Waals surface area contributed by atoms with Crippen LogP contribution < -0.4 is 28.5 Å². The summed E-state index contributed by atoms with van der Waals surface area (Å²) in [6, 6.07) is 9.74. The van der Waals surface area contributed by atoms with Crippen LogP contribution in [0.5, 0.6) is 0 Å². The fourth-order valence-corrected chi connectivity index (χ4v) is 2.56. The van der Waals surface area contributed by atoms with Gasteiger partial charge in [0.1, 0.15) is 5.82 Å². The van der Waals surface area contributed by atoms with Gasteiger partial charge < -0.3 is 17.2 Å². The van der Waals surface area contributed by atoms with Crippen LogP contribution in [-0.2, 0) is 27.2 Å². The third kappa shape index (κ3) is 3.66. The van der Waals surface area contributed by atoms with Gasteiger partial charge in [-0.25, -0.2) is 9.78 Å². The first-order valence-corrected chi connectivity index (χ1v) is 8.11. The van der Waals surface area contributed by atoms with Gasteiger partial charge in [0.25, 0.3) is 5.56 Å².